The van der Waals surface area contributed by atoms with E-state index in [2.05, 4.69) is 17.2 Å². The molecule has 0 bridgehead atoms. The van der Waals surface area contributed by atoms with Gasteiger partial charge < -0.3 is 11.1 Å². The lowest BCUT2D eigenvalue weighted by Gasteiger charge is -2.11. The van der Waals surface area contributed by atoms with Crippen LogP contribution in [0.5, 0.6) is 0 Å². The van der Waals surface area contributed by atoms with Crippen molar-refractivity contribution in [3.8, 4) is 0 Å². The van der Waals surface area contributed by atoms with E-state index in [4.69, 9.17) is 5.73 Å². The van der Waals surface area contributed by atoms with Crippen LogP contribution < -0.4 is 11.1 Å². The number of nitrogen functional groups attached to an aromatic ring is 1. The molecule has 4 heteroatoms. The molecule has 1 aliphatic rings. The number of pyridine rings is 1. The van der Waals surface area contributed by atoms with Gasteiger partial charge in [0.25, 0.3) is 5.91 Å². The maximum Gasteiger partial charge on any atom is 0.252 e. The molecule has 1 heterocycles. The second-order valence-corrected chi connectivity index (χ2v) is 4.50. The summed E-state index contributed by atoms with van der Waals surface area (Å²) in [5.41, 5.74) is 6.02. The van der Waals surface area contributed by atoms with Crippen LogP contribution in [0.2, 0.25) is 0 Å². The first-order valence-electron chi connectivity index (χ1n) is 5.66. The lowest BCUT2D eigenvalue weighted by atomic mass is 10.1. The van der Waals surface area contributed by atoms with Crippen LogP contribution in [0, 0.1) is 11.8 Å². The van der Waals surface area contributed by atoms with E-state index in [0.29, 0.717) is 17.3 Å². The van der Waals surface area contributed by atoms with E-state index in [1.807, 2.05) is 0 Å². The molecule has 1 saturated carbocycles. The fraction of sp³-hybridized carbons (Fsp3) is 0.500. The normalized spacial score (nSPS) is 16.8. The third-order valence-corrected chi connectivity index (χ3v) is 3.06. The lowest BCUT2D eigenvalue weighted by Crippen LogP contribution is -2.29. The predicted octanol–water partition coefficient (Wildman–Crippen LogP) is 1.44. The molecule has 1 atom stereocenters. The number of hydrogen-bond acceptors (Lipinski definition) is 3. The monoisotopic (exact) mass is 219 g/mol. The van der Waals surface area contributed by atoms with E-state index in [9.17, 15) is 4.79 Å². The summed E-state index contributed by atoms with van der Waals surface area (Å²) in [5.74, 6) is 1.75. The van der Waals surface area contributed by atoms with Gasteiger partial charge in [0.05, 0.1) is 5.56 Å². The van der Waals surface area contributed by atoms with E-state index in [0.717, 1.165) is 12.5 Å². The Labute approximate surface area is 95.3 Å². The van der Waals surface area contributed by atoms with Crippen molar-refractivity contribution >= 4 is 11.7 Å². The number of carbonyl (C=O) groups excluding carboxylic acids is 1. The summed E-state index contributed by atoms with van der Waals surface area (Å²) in [7, 11) is 0. The summed E-state index contributed by atoms with van der Waals surface area (Å²) in [6.45, 7) is 2.92. The highest BCUT2D eigenvalue weighted by Gasteiger charge is 2.27. The number of hydrogen-bond donors (Lipinski definition) is 2. The van der Waals surface area contributed by atoms with E-state index in [1.165, 1.54) is 19.0 Å². The van der Waals surface area contributed by atoms with Gasteiger partial charge in [-0.15, -0.1) is 0 Å². The Morgan fingerprint density at radius 3 is 2.94 bits per heavy atom. The quantitative estimate of drug-likeness (QED) is 0.805. The molecule has 1 fully saturated rings. The Bertz CT molecular complexity index is 370. The molecule has 1 aromatic heterocycles. The Morgan fingerprint density at radius 1 is 1.62 bits per heavy atom. The first-order valence-corrected chi connectivity index (χ1v) is 5.66. The van der Waals surface area contributed by atoms with Gasteiger partial charge in [0, 0.05) is 12.7 Å². The van der Waals surface area contributed by atoms with Crippen LogP contribution in [0.1, 0.15) is 30.1 Å². The van der Waals surface area contributed by atoms with E-state index >= 15 is 0 Å². The first kappa shape index (κ1) is 10.9. The van der Waals surface area contributed by atoms with Gasteiger partial charge in [-0.25, -0.2) is 4.98 Å². The van der Waals surface area contributed by atoms with E-state index < -0.39 is 0 Å². The molecule has 1 aliphatic carbocycles. The number of carbonyl (C=O) groups is 1. The Balaban J connectivity index is 1.85. The molecule has 1 amide bonds. The standard InChI is InChI=1S/C12H17N3O/c1-8(9-2-3-9)6-15-12(16)10-4-5-11(13)14-7-10/h4-5,7-9H,2-3,6H2,1H3,(H2,13,14)(H,15,16). The zero-order chi connectivity index (χ0) is 11.5. The van der Waals surface area contributed by atoms with Crippen molar-refractivity contribution in [2.45, 2.75) is 19.8 Å². The molecule has 0 aliphatic heterocycles. The van der Waals surface area contributed by atoms with Gasteiger partial charge in [-0.3, -0.25) is 4.79 Å². The highest BCUT2D eigenvalue weighted by Crippen LogP contribution is 2.36. The minimum atomic E-state index is -0.0694. The van der Waals surface area contributed by atoms with Gasteiger partial charge in [-0.2, -0.15) is 0 Å². The van der Waals surface area contributed by atoms with Gasteiger partial charge in [0.2, 0.25) is 0 Å². The summed E-state index contributed by atoms with van der Waals surface area (Å²) in [4.78, 5) is 15.6. The smallest absolute Gasteiger partial charge is 0.252 e. The summed E-state index contributed by atoms with van der Waals surface area (Å²) in [6, 6.07) is 3.33. The minimum absolute atomic E-state index is 0.0694. The van der Waals surface area contributed by atoms with Crippen molar-refractivity contribution in [3.63, 3.8) is 0 Å². The van der Waals surface area contributed by atoms with Gasteiger partial charge in [0.1, 0.15) is 5.82 Å². The van der Waals surface area contributed by atoms with Crippen molar-refractivity contribution in [3.05, 3.63) is 23.9 Å². The van der Waals surface area contributed by atoms with Gasteiger partial charge in [-0.05, 0) is 36.8 Å². The van der Waals surface area contributed by atoms with Crippen molar-refractivity contribution in [2.75, 3.05) is 12.3 Å². The molecule has 1 unspecified atom stereocenters. The average molecular weight is 219 g/mol. The molecule has 2 rings (SSSR count). The fourth-order valence-corrected chi connectivity index (χ4v) is 1.73. The van der Waals surface area contributed by atoms with Crippen LogP contribution in [-0.2, 0) is 0 Å². The van der Waals surface area contributed by atoms with E-state index in [-0.39, 0.29) is 5.91 Å². The van der Waals surface area contributed by atoms with Crippen LogP contribution in [0.15, 0.2) is 18.3 Å². The number of amides is 1. The van der Waals surface area contributed by atoms with Gasteiger partial charge >= 0.3 is 0 Å². The van der Waals surface area contributed by atoms with Crippen LogP contribution in [0.25, 0.3) is 0 Å². The van der Waals surface area contributed by atoms with Gasteiger partial charge in [-0.1, -0.05) is 6.92 Å². The predicted molar refractivity (Wildman–Crippen MR) is 62.9 cm³/mol. The number of nitrogens with two attached hydrogens (primary N) is 1. The van der Waals surface area contributed by atoms with Crippen molar-refractivity contribution < 1.29 is 4.79 Å². The zero-order valence-corrected chi connectivity index (χ0v) is 9.44. The Morgan fingerprint density at radius 2 is 2.38 bits per heavy atom. The van der Waals surface area contributed by atoms with Crippen molar-refractivity contribution in [2.24, 2.45) is 11.8 Å². The SMILES string of the molecule is CC(CNC(=O)c1ccc(N)nc1)C1CC1. The third-order valence-electron chi connectivity index (χ3n) is 3.06. The summed E-state index contributed by atoms with van der Waals surface area (Å²) in [5, 5.41) is 2.92. The molecule has 0 saturated heterocycles. The molecule has 0 spiro atoms. The van der Waals surface area contributed by atoms with Crippen LogP contribution >= 0.6 is 0 Å². The average Bonchev–Trinajstić information content (AvgIpc) is 3.10. The minimum Gasteiger partial charge on any atom is -0.384 e. The molecular weight excluding hydrogens is 202 g/mol. The molecule has 0 radical (unpaired) electrons. The maximum absolute atomic E-state index is 11.7. The van der Waals surface area contributed by atoms with Gasteiger partial charge in [0.15, 0.2) is 0 Å². The molecule has 16 heavy (non-hydrogen) atoms. The number of nitrogens with zero attached hydrogens (tertiary/aromatic N) is 1. The summed E-state index contributed by atoms with van der Waals surface area (Å²) in [6.07, 6.45) is 4.12. The second kappa shape index (κ2) is 4.51. The Hall–Kier alpha value is -1.58. The topological polar surface area (TPSA) is 68.0 Å². The Kier molecular flexibility index (Phi) is 3.08. The molecule has 1 aromatic rings. The highest BCUT2D eigenvalue weighted by molar-refractivity contribution is 5.93. The van der Waals surface area contributed by atoms with Crippen molar-refractivity contribution in [1.82, 2.24) is 10.3 Å². The van der Waals surface area contributed by atoms with Crippen LogP contribution in [0.3, 0.4) is 0 Å². The number of rotatable bonds is 4. The van der Waals surface area contributed by atoms with E-state index in [1.54, 1.807) is 12.1 Å². The third kappa shape index (κ3) is 2.72. The first-order chi connectivity index (χ1) is 7.66. The van der Waals surface area contributed by atoms with Crippen molar-refractivity contribution in [1.29, 1.82) is 0 Å². The number of nitrogens with one attached hydrogen (secondary N) is 1. The lowest BCUT2D eigenvalue weighted by molar-refractivity contribution is 0.0946. The van der Waals surface area contributed by atoms with Crippen LogP contribution in [0.4, 0.5) is 5.82 Å². The summed E-state index contributed by atoms with van der Waals surface area (Å²) >= 11 is 0. The molecule has 86 valence electrons. The molecule has 4 nitrogen and oxygen atoms in total. The zero-order valence-electron chi connectivity index (χ0n) is 9.44. The maximum atomic E-state index is 11.7. The van der Waals surface area contributed by atoms with Crippen LogP contribution in [-0.4, -0.2) is 17.4 Å². The highest BCUT2D eigenvalue weighted by atomic mass is 16.1. The molecule has 3 N–H and O–H groups in total. The fourth-order valence-electron chi connectivity index (χ4n) is 1.73. The molecule has 0 aromatic carbocycles. The summed E-state index contributed by atoms with van der Waals surface area (Å²) < 4.78 is 0. The second-order valence-electron chi connectivity index (χ2n) is 4.50. The molecular formula is C12H17N3O. The number of aromatic nitrogens is 1. The largest absolute Gasteiger partial charge is 0.384 e. The number of anilines is 1.